The maximum absolute atomic E-state index is 5.48. The van der Waals surface area contributed by atoms with E-state index in [0.717, 1.165) is 58.3 Å². The Bertz CT molecular complexity index is 575. The summed E-state index contributed by atoms with van der Waals surface area (Å²) in [6.07, 6.45) is 2.25. The minimum Gasteiger partial charge on any atom is -0.379 e. The monoisotopic (exact) mass is 344 g/mol. The van der Waals surface area contributed by atoms with Crippen LogP contribution in [0.2, 0.25) is 0 Å². The molecule has 2 saturated heterocycles. The topological polar surface area (TPSA) is 40.1 Å². The molecule has 1 unspecified atom stereocenters. The van der Waals surface area contributed by atoms with Crippen molar-refractivity contribution < 1.29 is 4.74 Å². The molecule has 1 N–H and O–H groups in total. The van der Waals surface area contributed by atoms with E-state index in [9.17, 15) is 0 Å². The van der Waals surface area contributed by atoms with Crippen molar-refractivity contribution in [2.24, 2.45) is 4.99 Å². The normalized spacial score (nSPS) is 22.4. The summed E-state index contributed by atoms with van der Waals surface area (Å²) in [4.78, 5) is 9.48. The zero-order valence-corrected chi connectivity index (χ0v) is 15.9. The van der Waals surface area contributed by atoms with Gasteiger partial charge < -0.3 is 15.0 Å². The largest absolute Gasteiger partial charge is 0.379 e. The number of rotatable bonds is 4. The van der Waals surface area contributed by atoms with Crippen molar-refractivity contribution >= 4 is 5.96 Å². The van der Waals surface area contributed by atoms with Crippen molar-refractivity contribution in [2.45, 2.75) is 32.7 Å². The molecule has 138 valence electrons. The smallest absolute Gasteiger partial charge is 0.193 e. The van der Waals surface area contributed by atoms with Gasteiger partial charge in [0, 0.05) is 45.8 Å². The Morgan fingerprint density at radius 2 is 1.88 bits per heavy atom. The number of likely N-dealkylation sites (tertiary alicyclic amines) is 1. The third-order valence-corrected chi connectivity index (χ3v) is 5.22. The van der Waals surface area contributed by atoms with Crippen LogP contribution in [0.15, 0.2) is 23.2 Å². The van der Waals surface area contributed by atoms with Crippen molar-refractivity contribution in [3.63, 3.8) is 0 Å². The predicted molar refractivity (Wildman–Crippen MR) is 103 cm³/mol. The van der Waals surface area contributed by atoms with Crippen LogP contribution in [0.25, 0.3) is 0 Å². The summed E-state index contributed by atoms with van der Waals surface area (Å²) >= 11 is 0. The number of benzene rings is 1. The first-order chi connectivity index (χ1) is 12.2. The fourth-order valence-corrected chi connectivity index (χ4v) is 4.04. The van der Waals surface area contributed by atoms with Gasteiger partial charge in [-0.15, -0.1) is 0 Å². The van der Waals surface area contributed by atoms with Gasteiger partial charge in [0.05, 0.1) is 13.2 Å². The lowest BCUT2D eigenvalue weighted by atomic mass is 10.1. The molecule has 0 radical (unpaired) electrons. The fraction of sp³-hybridized carbons (Fsp3) is 0.650. The molecule has 0 saturated carbocycles. The van der Waals surface area contributed by atoms with Crippen LogP contribution in [0.4, 0.5) is 0 Å². The molecule has 2 heterocycles. The van der Waals surface area contributed by atoms with Crippen LogP contribution in [0.1, 0.15) is 23.1 Å². The van der Waals surface area contributed by atoms with E-state index in [2.05, 4.69) is 52.2 Å². The highest BCUT2D eigenvalue weighted by molar-refractivity contribution is 5.80. The summed E-state index contributed by atoms with van der Waals surface area (Å²) in [5, 5.41) is 3.55. The molecule has 2 aliphatic rings. The summed E-state index contributed by atoms with van der Waals surface area (Å²) in [5.41, 5.74) is 4.08. The third-order valence-electron chi connectivity index (χ3n) is 5.22. The molecule has 0 aliphatic carbocycles. The first kappa shape index (κ1) is 18.2. The zero-order chi connectivity index (χ0) is 17.6. The molecule has 1 atom stereocenters. The van der Waals surface area contributed by atoms with Crippen LogP contribution < -0.4 is 5.32 Å². The number of aliphatic imine (C=N–C) groups is 1. The van der Waals surface area contributed by atoms with Crippen LogP contribution in [0, 0.1) is 13.8 Å². The number of nitrogens with zero attached hydrogens (tertiary/aromatic N) is 3. The van der Waals surface area contributed by atoms with Gasteiger partial charge in [-0.05, 0) is 32.3 Å². The Morgan fingerprint density at radius 3 is 2.56 bits per heavy atom. The van der Waals surface area contributed by atoms with Crippen molar-refractivity contribution in [3.8, 4) is 0 Å². The number of morpholine rings is 1. The predicted octanol–water partition coefficient (Wildman–Crippen LogP) is 1.83. The Hall–Kier alpha value is -1.59. The molecule has 0 spiro atoms. The van der Waals surface area contributed by atoms with E-state index < -0.39 is 0 Å². The SMILES string of the molecule is CN=C(NCCc1cc(C)cc(C)c1)N1CCC(N2CCOCC2)C1. The Balaban J connectivity index is 1.48. The summed E-state index contributed by atoms with van der Waals surface area (Å²) in [7, 11) is 1.89. The first-order valence-electron chi connectivity index (χ1n) is 9.50. The maximum Gasteiger partial charge on any atom is 0.193 e. The van der Waals surface area contributed by atoms with E-state index in [4.69, 9.17) is 4.74 Å². The second-order valence-corrected chi connectivity index (χ2v) is 7.26. The lowest BCUT2D eigenvalue weighted by Gasteiger charge is -2.32. The standard InChI is InChI=1S/C20H32N4O/c1-16-12-17(2)14-18(13-16)4-6-22-20(21-3)24-7-5-19(15-24)23-8-10-25-11-9-23/h12-14,19H,4-11,15H2,1-3H3,(H,21,22). The third kappa shape index (κ3) is 4.95. The van der Waals surface area contributed by atoms with Crippen molar-refractivity contribution in [3.05, 3.63) is 34.9 Å². The van der Waals surface area contributed by atoms with E-state index in [1.54, 1.807) is 0 Å². The molecule has 25 heavy (non-hydrogen) atoms. The van der Waals surface area contributed by atoms with Crippen LogP contribution >= 0.6 is 0 Å². The van der Waals surface area contributed by atoms with Gasteiger partial charge in [-0.3, -0.25) is 9.89 Å². The minimum absolute atomic E-state index is 0.641. The van der Waals surface area contributed by atoms with Crippen LogP contribution in [-0.2, 0) is 11.2 Å². The summed E-state index contributed by atoms with van der Waals surface area (Å²) < 4.78 is 5.48. The lowest BCUT2D eigenvalue weighted by molar-refractivity contribution is 0.0195. The number of guanidine groups is 1. The van der Waals surface area contributed by atoms with E-state index in [1.807, 2.05) is 7.05 Å². The van der Waals surface area contributed by atoms with Gasteiger partial charge in [0.2, 0.25) is 0 Å². The van der Waals surface area contributed by atoms with Crippen molar-refractivity contribution in [2.75, 3.05) is 53.0 Å². The van der Waals surface area contributed by atoms with Gasteiger partial charge in [0.15, 0.2) is 5.96 Å². The molecule has 0 aromatic heterocycles. The van der Waals surface area contributed by atoms with Crippen molar-refractivity contribution in [1.82, 2.24) is 15.1 Å². The maximum atomic E-state index is 5.48. The minimum atomic E-state index is 0.641. The second kappa shape index (κ2) is 8.68. The molecule has 1 aromatic carbocycles. The van der Waals surface area contributed by atoms with E-state index in [-0.39, 0.29) is 0 Å². The molecule has 3 rings (SSSR count). The zero-order valence-electron chi connectivity index (χ0n) is 15.9. The highest BCUT2D eigenvalue weighted by Gasteiger charge is 2.30. The van der Waals surface area contributed by atoms with Gasteiger partial charge in [-0.25, -0.2) is 0 Å². The quantitative estimate of drug-likeness (QED) is 0.668. The van der Waals surface area contributed by atoms with Gasteiger partial charge >= 0.3 is 0 Å². The van der Waals surface area contributed by atoms with Gasteiger partial charge in [0.25, 0.3) is 0 Å². The van der Waals surface area contributed by atoms with E-state index in [1.165, 1.54) is 23.1 Å². The Kier molecular flexibility index (Phi) is 6.32. The molecule has 0 amide bonds. The first-order valence-corrected chi connectivity index (χ1v) is 9.50. The number of hydrogen-bond acceptors (Lipinski definition) is 3. The second-order valence-electron chi connectivity index (χ2n) is 7.26. The van der Waals surface area contributed by atoms with Gasteiger partial charge in [0.1, 0.15) is 0 Å². The lowest BCUT2D eigenvalue weighted by Crippen LogP contribution is -2.46. The summed E-state index contributed by atoms with van der Waals surface area (Å²) in [6.45, 7) is 11.3. The van der Waals surface area contributed by atoms with Crippen LogP contribution in [-0.4, -0.2) is 74.8 Å². The molecule has 5 heteroatoms. The number of nitrogens with one attached hydrogen (secondary N) is 1. The summed E-state index contributed by atoms with van der Waals surface area (Å²) in [5.74, 6) is 1.04. The average molecular weight is 345 g/mol. The molecular formula is C20H32N4O. The number of ether oxygens (including phenoxy) is 1. The van der Waals surface area contributed by atoms with Gasteiger partial charge in [-0.2, -0.15) is 0 Å². The van der Waals surface area contributed by atoms with Crippen LogP contribution in [0.5, 0.6) is 0 Å². The van der Waals surface area contributed by atoms with E-state index in [0.29, 0.717) is 6.04 Å². The Labute approximate surface area is 152 Å². The molecule has 5 nitrogen and oxygen atoms in total. The van der Waals surface area contributed by atoms with E-state index >= 15 is 0 Å². The average Bonchev–Trinajstić information content (AvgIpc) is 3.08. The summed E-state index contributed by atoms with van der Waals surface area (Å²) in [6, 6.07) is 7.43. The molecule has 2 aliphatic heterocycles. The van der Waals surface area contributed by atoms with Crippen LogP contribution in [0.3, 0.4) is 0 Å². The molecule has 1 aromatic rings. The number of hydrogen-bond donors (Lipinski definition) is 1. The molecule has 0 bridgehead atoms. The molecular weight excluding hydrogens is 312 g/mol. The fourth-order valence-electron chi connectivity index (χ4n) is 4.04. The highest BCUT2D eigenvalue weighted by atomic mass is 16.5. The highest BCUT2D eigenvalue weighted by Crippen LogP contribution is 2.17. The Morgan fingerprint density at radius 1 is 1.16 bits per heavy atom. The van der Waals surface area contributed by atoms with Crippen molar-refractivity contribution in [1.29, 1.82) is 0 Å². The van der Waals surface area contributed by atoms with Gasteiger partial charge in [-0.1, -0.05) is 29.3 Å². The number of aryl methyl sites for hydroxylation is 2. The molecule has 2 fully saturated rings.